The number of thiophene rings is 1. The van der Waals surface area contributed by atoms with E-state index in [-0.39, 0.29) is 0 Å². The number of halogens is 1. The third-order valence-electron chi connectivity index (χ3n) is 0.695. The van der Waals surface area contributed by atoms with Crippen molar-refractivity contribution < 1.29 is 4.74 Å². The van der Waals surface area contributed by atoms with Gasteiger partial charge in [-0.1, -0.05) is 11.3 Å². The summed E-state index contributed by atoms with van der Waals surface area (Å²) >= 11 is 4.70. The van der Waals surface area contributed by atoms with Crippen LogP contribution in [0.1, 0.15) is 0 Å². The number of hydrogen-bond acceptors (Lipinski definition) is 2. The quantitative estimate of drug-likeness (QED) is 0.663. The van der Waals surface area contributed by atoms with Crippen LogP contribution in [0.3, 0.4) is 0 Å². The van der Waals surface area contributed by atoms with Gasteiger partial charge in [-0.3, -0.25) is 0 Å². The molecule has 43 valence electrons. The first-order valence-corrected chi connectivity index (χ1v) is 3.65. The third kappa shape index (κ3) is 1.23. The van der Waals surface area contributed by atoms with Crippen LogP contribution in [0.25, 0.3) is 0 Å². The molecule has 0 amide bonds. The molecule has 0 saturated heterocycles. The largest absolute Gasteiger partial charge is 0.487 e. The van der Waals surface area contributed by atoms with Gasteiger partial charge in [0.25, 0.3) is 0 Å². The highest BCUT2D eigenvalue weighted by molar-refractivity contribution is 9.10. The fourth-order valence-electron chi connectivity index (χ4n) is 0.362. The molecule has 1 aromatic rings. The Morgan fingerprint density at radius 1 is 1.88 bits per heavy atom. The predicted molar refractivity (Wildman–Crippen MR) is 37.4 cm³/mol. The maximum absolute atomic E-state index is 4.89. The van der Waals surface area contributed by atoms with Gasteiger partial charge < -0.3 is 4.74 Å². The minimum atomic E-state index is 0.886. The minimum absolute atomic E-state index is 0.886. The van der Waals surface area contributed by atoms with Gasteiger partial charge in [0, 0.05) is 10.5 Å². The monoisotopic (exact) mass is 191 g/mol. The first kappa shape index (κ1) is 6.11. The van der Waals surface area contributed by atoms with Crippen molar-refractivity contribution >= 4 is 27.3 Å². The van der Waals surface area contributed by atoms with Crippen molar-refractivity contribution in [3.8, 4) is 5.06 Å². The van der Waals surface area contributed by atoms with E-state index in [1.54, 1.807) is 7.11 Å². The summed E-state index contributed by atoms with van der Waals surface area (Å²) in [6, 6.07) is 1.88. The maximum Gasteiger partial charge on any atom is 0.175 e. The summed E-state index contributed by atoms with van der Waals surface area (Å²) in [5.41, 5.74) is 0. The highest BCUT2D eigenvalue weighted by Gasteiger charge is 1.93. The average molecular weight is 192 g/mol. The van der Waals surface area contributed by atoms with Crippen LogP contribution in [-0.4, -0.2) is 7.11 Å². The SMILES string of the molecule is COc1cc(Br)[c]s1. The Kier molecular flexibility index (Phi) is 1.91. The molecule has 0 saturated carbocycles. The van der Waals surface area contributed by atoms with Gasteiger partial charge in [0.2, 0.25) is 0 Å². The standard InChI is InChI=1S/C5H4BrOS/c1-7-5-2-4(6)3-8-5/h2H,1H3. The normalized spacial score (nSPS) is 9.25. The van der Waals surface area contributed by atoms with Crippen LogP contribution in [0.15, 0.2) is 10.5 Å². The lowest BCUT2D eigenvalue weighted by molar-refractivity contribution is 0.427. The topological polar surface area (TPSA) is 9.23 Å². The second kappa shape index (κ2) is 2.51. The second-order valence-corrected chi connectivity index (χ2v) is 2.88. The zero-order valence-corrected chi connectivity index (χ0v) is 6.67. The van der Waals surface area contributed by atoms with E-state index in [2.05, 4.69) is 21.3 Å². The Morgan fingerprint density at radius 3 is 2.88 bits per heavy atom. The van der Waals surface area contributed by atoms with Gasteiger partial charge in [0.05, 0.1) is 12.5 Å². The van der Waals surface area contributed by atoms with Gasteiger partial charge in [-0.2, -0.15) is 0 Å². The molecule has 0 N–H and O–H groups in total. The predicted octanol–water partition coefficient (Wildman–Crippen LogP) is 2.32. The molecule has 0 aliphatic heterocycles. The van der Waals surface area contributed by atoms with Gasteiger partial charge in [-0.05, 0) is 15.9 Å². The van der Waals surface area contributed by atoms with Crippen molar-refractivity contribution in [1.82, 2.24) is 0 Å². The summed E-state index contributed by atoms with van der Waals surface area (Å²) in [6.45, 7) is 0. The molecule has 0 bridgehead atoms. The molecule has 0 fully saturated rings. The Labute approximate surface area is 60.4 Å². The van der Waals surface area contributed by atoms with Crippen molar-refractivity contribution in [3.05, 3.63) is 15.9 Å². The summed E-state index contributed by atoms with van der Waals surface area (Å²) in [7, 11) is 1.64. The zero-order valence-electron chi connectivity index (χ0n) is 4.27. The van der Waals surface area contributed by atoms with Crippen molar-refractivity contribution in [2.24, 2.45) is 0 Å². The van der Waals surface area contributed by atoms with E-state index in [9.17, 15) is 0 Å². The van der Waals surface area contributed by atoms with Crippen molar-refractivity contribution in [2.45, 2.75) is 0 Å². The molecule has 0 aromatic carbocycles. The van der Waals surface area contributed by atoms with E-state index < -0.39 is 0 Å². The van der Waals surface area contributed by atoms with Crippen LogP contribution in [0.2, 0.25) is 0 Å². The highest BCUT2D eigenvalue weighted by atomic mass is 79.9. The fourth-order valence-corrected chi connectivity index (χ4v) is 1.48. The Morgan fingerprint density at radius 2 is 2.62 bits per heavy atom. The van der Waals surface area contributed by atoms with Crippen molar-refractivity contribution in [3.63, 3.8) is 0 Å². The van der Waals surface area contributed by atoms with Crippen LogP contribution in [0.5, 0.6) is 5.06 Å². The van der Waals surface area contributed by atoms with E-state index >= 15 is 0 Å². The molecular weight excluding hydrogens is 188 g/mol. The van der Waals surface area contributed by atoms with E-state index in [1.807, 2.05) is 6.07 Å². The summed E-state index contributed by atoms with van der Waals surface area (Å²) in [5.74, 6) is 0. The zero-order chi connectivity index (χ0) is 5.98. The number of ether oxygens (including phenoxy) is 1. The van der Waals surface area contributed by atoms with Gasteiger partial charge >= 0.3 is 0 Å². The number of methoxy groups -OCH3 is 1. The fraction of sp³-hybridized carbons (Fsp3) is 0.200. The summed E-state index contributed by atoms with van der Waals surface area (Å²) in [4.78, 5) is 0. The lowest BCUT2D eigenvalue weighted by Gasteiger charge is -1.86. The van der Waals surface area contributed by atoms with Gasteiger partial charge in [0.15, 0.2) is 5.06 Å². The number of hydrogen-bond donors (Lipinski definition) is 0. The molecule has 1 aromatic heterocycles. The Bertz CT molecular complexity index is 173. The molecule has 8 heavy (non-hydrogen) atoms. The molecule has 1 radical (unpaired) electrons. The molecule has 0 aliphatic carbocycles. The van der Waals surface area contributed by atoms with Gasteiger partial charge in [-0.25, -0.2) is 0 Å². The van der Waals surface area contributed by atoms with E-state index in [1.165, 1.54) is 11.3 Å². The lowest BCUT2D eigenvalue weighted by atomic mass is 10.7. The third-order valence-corrected chi connectivity index (χ3v) is 2.19. The lowest BCUT2D eigenvalue weighted by Crippen LogP contribution is -1.73. The summed E-state index contributed by atoms with van der Waals surface area (Å²) < 4.78 is 5.85. The minimum Gasteiger partial charge on any atom is -0.487 e. The van der Waals surface area contributed by atoms with Crippen LogP contribution in [-0.2, 0) is 0 Å². The van der Waals surface area contributed by atoms with Crippen molar-refractivity contribution in [2.75, 3.05) is 7.11 Å². The van der Waals surface area contributed by atoms with Gasteiger partial charge in [0.1, 0.15) is 0 Å². The van der Waals surface area contributed by atoms with E-state index in [0.717, 1.165) is 9.54 Å². The average Bonchev–Trinajstić information content (AvgIpc) is 2.14. The Balaban J connectivity index is 2.84. The van der Waals surface area contributed by atoms with Crippen LogP contribution in [0.4, 0.5) is 0 Å². The molecule has 3 heteroatoms. The molecular formula is C5H4BrOS. The van der Waals surface area contributed by atoms with Gasteiger partial charge in [-0.15, -0.1) is 0 Å². The first-order valence-electron chi connectivity index (χ1n) is 2.04. The summed E-state index contributed by atoms with van der Waals surface area (Å²) in [6.07, 6.45) is 0. The molecule has 0 atom stereocenters. The molecule has 1 heterocycles. The first-order chi connectivity index (χ1) is 3.83. The summed E-state index contributed by atoms with van der Waals surface area (Å²) in [5, 5.41) is 3.84. The number of rotatable bonds is 1. The van der Waals surface area contributed by atoms with Crippen LogP contribution in [0, 0.1) is 5.38 Å². The smallest absolute Gasteiger partial charge is 0.175 e. The Hall–Kier alpha value is -0.0200. The molecule has 1 nitrogen and oxygen atoms in total. The van der Waals surface area contributed by atoms with Crippen LogP contribution >= 0.6 is 27.3 Å². The second-order valence-electron chi connectivity index (χ2n) is 1.22. The molecule has 0 aliphatic rings. The van der Waals surface area contributed by atoms with E-state index in [0.29, 0.717) is 0 Å². The molecule has 0 spiro atoms. The highest BCUT2D eigenvalue weighted by Crippen LogP contribution is 2.24. The van der Waals surface area contributed by atoms with Crippen LogP contribution < -0.4 is 4.74 Å². The molecule has 0 unspecified atom stereocenters. The van der Waals surface area contributed by atoms with Crippen molar-refractivity contribution in [1.29, 1.82) is 0 Å². The molecule has 1 rings (SSSR count). The van der Waals surface area contributed by atoms with E-state index in [4.69, 9.17) is 4.74 Å². The maximum atomic E-state index is 4.89.